The molecule has 1 aromatic heterocycles. The summed E-state index contributed by atoms with van der Waals surface area (Å²) in [5.74, 6) is -0.183. The number of likely N-dealkylation sites (tertiary alicyclic amines) is 2. The lowest BCUT2D eigenvalue weighted by atomic mass is 9.88. The minimum absolute atomic E-state index is 0.00390. The fraction of sp³-hybridized carbons (Fsp3) is 0.423. The van der Waals surface area contributed by atoms with Crippen LogP contribution in [-0.2, 0) is 0 Å². The molecule has 0 radical (unpaired) electrons. The van der Waals surface area contributed by atoms with E-state index in [9.17, 15) is 14.0 Å². The number of nitrogens with zero attached hydrogens (tertiary/aromatic N) is 3. The van der Waals surface area contributed by atoms with Crippen molar-refractivity contribution in [3.8, 4) is 0 Å². The summed E-state index contributed by atoms with van der Waals surface area (Å²) in [6.07, 6.45) is 4.62. The molecule has 0 aliphatic carbocycles. The van der Waals surface area contributed by atoms with E-state index in [4.69, 9.17) is 0 Å². The maximum absolute atomic E-state index is 13.2. The van der Waals surface area contributed by atoms with Gasteiger partial charge in [-0.25, -0.2) is 4.39 Å². The summed E-state index contributed by atoms with van der Waals surface area (Å²) in [7, 11) is 0. The predicted octanol–water partition coefficient (Wildman–Crippen LogP) is 4.29. The van der Waals surface area contributed by atoms with Gasteiger partial charge in [0.1, 0.15) is 5.82 Å². The van der Waals surface area contributed by atoms with Crippen LogP contribution in [0.5, 0.6) is 0 Å². The summed E-state index contributed by atoms with van der Waals surface area (Å²) in [5, 5.41) is 8.14. The number of carbonyl (C=O) groups excluding carboxylic acids is 2. The number of aromatic nitrogens is 2. The number of aromatic amines is 1. The molecule has 0 bridgehead atoms. The second-order valence-corrected chi connectivity index (χ2v) is 9.19. The highest BCUT2D eigenvalue weighted by Crippen LogP contribution is 2.27. The third-order valence-electron chi connectivity index (χ3n) is 7.18. The Morgan fingerprint density at radius 1 is 1.00 bits per heavy atom. The molecular formula is C26H29FN4O2. The second-order valence-electron chi connectivity index (χ2n) is 9.19. The molecule has 2 aromatic carbocycles. The number of rotatable bonds is 6. The summed E-state index contributed by atoms with van der Waals surface area (Å²) in [6.45, 7) is 3.46. The van der Waals surface area contributed by atoms with Crippen LogP contribution in [0.3, 0.4) is 0 Å². The Labute approximate surface area is 192 Å². The number of ketones is 1. The summed E-state index contributed by atoms with van der Waals surface area (Å²) in [6, 6.07) is 13.8. The highest BCUT2D eigenvalue weighted by Gasteiger charge is 2.32. The standard InChI is InChI=1S/C26H29FN4O2/c27-20-9-7-18(8-10-20)25(32)19-11-15-30(16-12-19)17-13-21-4-3-14-31(21)26(33)24-22-5-1-2-6-23(22)28-29-24/h1-2,5-10,19,21H,3-4,11-17H2,(H,28,29)/t21-/m0/s1. The topological polar surface area (TPSA) is 69.3 Å². The van der Waals surface area contributed by atoms with Crippen LogP contribution in [0.2, 0.25) is 0 Å². The van der Waals surface area contributed by atoms with E-state index in [1.165, 1.54) is 12.1 Å². The van der Waals surface area contributed by atoms with Gasteiger partial charge in [0.05, 0.1) is 5.52 Å². The van der Waals surface area contributed by atoms with Crippen molar-refractivity contribution in [3.05, 3.63) is 65.6 Å². The monoisotopic (exact) mass is 448 g/mol. The number of fused-ring (bicyclic) bond motifs is 1. The lowest BCUT2D eigenvalue weighted by Crippen LogP contribution is -2.41. The van der Waals surface area contributed by atoms with Crippen LogP contribution < -0.4 is 0 Å². The number of Topliss-reactive ketones (excluding diaryl/α,β-unsaturated/α-hetero) is 1. The molecule has 2 fully saturated rings. The van der Waals surface area contributed by atoms with Crippen LogP contribution in [0.4, 0.5) is 4.39 Å². The van der Waals surface area contributed by atoms with Gasteiger partial charge in [-0.2, -0.15) is 5.10 Å². The summed E-state index contributed by atoms with van der Waals surface area (Å²) >= 11 is 0. The number of H-pyrrole nitrogens is 1. The minimum Gasteiger partial charge on any atom is -0.334 e. The zero-order chi connectivity index (χ0) is 22.8. The molecule has 1 N–H and O–H groups in total. The normalized spacial score (nSPS) is 19.9. The molecule has 0 spiro atoms. The van der Waals surface area contributed by atoms with E-state index in [-0.39, 0.29) is 29.5 Å². The largest absolute Gasteiger partial charge is 0.334 e. The van der Waals surface area contributed by atoms with E-state index in [2.05, 4.69) is 15.1 Å². The van der Waals surface area contributed by atoms with Crippen LogP contribution in [-0.4, -0.2) is 63.9 Å². The lowest BCUT2D eigenvalue weighted by molar-refractivity contribution is 0.0701. The molecule has 1 amide bonds. The van der Waals surface area contributed by atoms with Crippen LogP contribution in [0, 0.1) is 11.7 Å². The van der Waals surface area contributed by atoms with E-state index >= 15 is 0 Å². The first-order valence-corrected chi connectivity index (χ1v) is 11.9. The van der Waals surface area contributed by atoms with Gasteiger partial charge in [-0.15, -0.1) is 0 Å². The Morgan fingerprint density at radius 2 is 1.76 bits per heavy atom. The van der Waals surface area contributed by atoms with Gasteiger partial charge >= 0.3 is 0 Å². The summed E-state index contributed by atoms with van der Waals surface area (Å²) < 4.78 is 13.1. The van der Waals surface area contributed by atoms with Gasteiger partial charge in [-0.05, 0) is 75.5 Å². The average molecular weight is 449 g/mol. The van der Waals surface area contributed by atoms with E-state index in [0.717, 1.165) is 69.2 Å². The van der Waals surface area contributed by atoms with Gasteiger partial charge in [0.25, 0.3) is 5.91 Å². The van der Waals surface area contributed by atoms with Crippen LogP contribution in [0.25, 0.3) is 10.9 Å². The maximum Gasteiger partial charge on any atom is 0.275 e. The van der Waals surface area contributed by atoms with Crippen molar-refractivity contribution < 1.29 is 14.0 Å². The van der Waals surface area contributed by atoms with Crippen LogP contribution in [0.15, 0.2) is 48.5 Å². The number of hydrogen-bond acceptors (Lipinski definition) is 4. The third-order valence-corrected chi connectivity index (χ3v) is 7.18. The molecule has 5 rings (SSSR count). The Bertz CT molecular complexity index is 1130. The molecular weight excluding hydrogens is 419 g/mol. The summed E-state index contributed by atoms with van der Waals surface area (Å²) in [5.41, 5.74) is 1.99. The van der Waals surface area contributed by atoms with Gasteiger partial charge < -0.3 is 9.80 Å². The van der Waals surface area contributed by atoms with Gasteiger partial charge in [-0.3, -0.25) is 14.7 Å². The predicted molar refractivity (Wildman–Crippen MR) is 125 cm³/mol. The van der Waals surface area contributed by atoms with Crippen molar-refractivity contribution in [2.75, 3.05) is 26.2 Å². The molecule has 0 unspecified atom stereocenters. The van der Waals surface area contributed by atoms with Crippen molar-refractivity contribution in [1.29, 1.82) is 0 Å². The molecule has 2 aliphatic heterocycles. The first-order valence-electron chi connectivity index (χ1n) is 11.9. The summed E-state index contributed by atoms with van der Waals surface area (Å²) in [4.78, 5) is 30.3. The zero-order valence-electron chi connectivity index (χ0n) is 18.7. The molecule has 3 aromatic rings. The Balaban J connectivity index is 1.14. The van der Waals surface area contributed by atoms with Crippen molar-refractivity contribution in [1.82, 2.24) is 20.0 Å². The highest BCUT2D eigenvalue weighted by atomic mass is 19.1. The third kappa shape index (κ3) is 4.55. The Morgan fingerprint density at radius 3 is 2.55 bits per heavy atom. The minimum atomic E-state index is -0.318. The van der Waals surface area contributed by atoms with Gasteiger partial charge in [0, 0.05) is 36.0 Å². The number of amides is 1. The zero-order valence-corrected chi connectivity index (χ0v) is 18.7. The van der Waals surface area contributed by atoms with Crippen molar-refractivity contribution >= 4 is 22.6 Å². The van der Waals surface area contributed by atoms with Crippen molar-refractivity contribution in [2.24, 2.45) is 5.92 Å². The van der Waals surface area contributed by atoms with E-state index in [1.807, 2.05) is 29.2 Å². The van der Waals surface area contributed by atoms with E-state index in [1.54, 1.807) is 12.1 Å². The number of benzene rings is 2. The molecule has 6 nitrogen and oxygen atoms in total. The second kappa shape index (κ2) is 9.43. The smallest absolute Gasteiger partial charge is 0.275 e. The van der Waals surface area contributed by atoms with Crippen LogP contribution in [0.1, 0.15) is 53.0 Å². The molecule has 0 saturated carbocycles. The van der Waals surface area contributed by atoms with Gasteiger partial charge in [0.2, 0.25) is 0 Å². The highest BCUT2D eigenvalue weighted by molar-refractivity contribution is 6.04. The number of para-hydroxylation sites is 1. The number of nitrogens with one attached hydrogen (secondary N) is 1. The van der Waals surface area contributed by atoms with Crippen molar-refractivity contribution in [2.45, 2.75) is 38.1 Å². The first kappa shape index (κ1) is 21.8. The Kier molecular flexibility index (Phi) is 6.22. The Hall–Kier alpha value is -3.06. The number of carbonyl (C=O) groups is 2. The molecule has 7 heteroatoms. The molecule has 2 aliphatic rings. The van der Waals surface area contributed by atoms with Crippen molar-refractivity contribution in [3.63, 3.8) is 0 Å². The first-order chi connectivity index (χ1) is 16.1. The van der Waals surface area contributed by atoms with E-state index < -0.39 is 0 Å². The number of halogens is 1. The van der Waals surface area contributed by atoms with Gasteiger partial charge in [0.15, 0.2) is 11.5 Å². The molecule has 172 valence electrons. The molecule has 33 heavy (non-hydrogen) atoms. The SMILES string of the molecule is O=C(c1ccc(F)cc1)C1CCN(CC[C@@H]2CCCN2C(=O)c2n[nH]c3ccccc23)CC1. The molecule has 3 heterocycles. The quantitative estimate of drug-likeness (QED) is 0.571. The fourth-order valence-electron chi connectivity index (χ4n) is 5.27. The molecule has 2 saturated heterocycles. The average Bonchev–Trinajstić information content (AvgIpc) is 3.50. The number of piperidine rings is 1. The number of hydrogen-bond donors (Lipinski definition) is 1. The van der Waals surface area contributed by atoms with E-state index in [0.29, 0.717) is 11.3 Å². The fourth-order valence-corrected chi connectivity index (χ4v) is 5.27. The van der Waals surface area contributed by atoms with Crippen LogP contribution >= 0.6 is 0 Å². The lowest BCUT2D eigenvalue weighted by Gasteiger charge is -2.33. The van der Waals surface area contributed by atoms with Gasteiger partial charge in [-0.1, -0.05) is 18.2 Å². The molecule has 1 atom stereocenters. The maximum atomic E-state index is 13.2.